The largest absolute Gasteiger partial charge is 0.478 e. The first-order chi connectivity index (χ1) is 8.16. The summed E-state index contributed by atoms with van der Waals surface area (Å²) in [5.74, 6) is -0.903. The van der Waals surface area contributed by atoms with Gasteiger partial charge in [-0.15, -0.1) is 11.3 Å². The number of hydrogen-bond donors (Lipinski definition) is 2. The summed E-state index contributed by atoms with van der Waals surface area (Å²) in [6, 6.07) is 5.04. The predicted molar refractivity (Wildman–Crippen MR) is 67.6 cm³/mol. The van der Waals surface area contributed by atoms with Crippen LogP contribution in [0.3, 0.4) is 0 Å². The smallest absolute Gasteiger partial charge is 0.335 e. The topological polar surface area (TPSA) is 62.2 Å². The van der Waals surface area contributed by atoms with Crippen LogP contribution in [-0.2, 0) is 6.54 Å². The summed E-state index contributed by atoms with van der Waals surface area (Å²) in [6.45, 7) is 2.54. The van der Waals surface area contributed by atoms with Crippen molar-refractivity contribution in [3.8, 4) is 0 Å². The number of rotatable bonds is 4. The third-order valence-electron chi connectivity index (χ3n) is 2.39. The molecular weight excluding hydrogens is 236 g/mol. The predicted octanol–water partition coefficient (Wildman–Crippen LogP) is 2.76. The fourth-order valence-corrected chi connectivity index (χ4v) is 2.06. The summed E-state index contributed by atoms with van der Waals surface area (Å²) in [7, 11) is 0. The summed E-state index contributed by atoms with van der Waals surface area (Å²) in [5.41, 5.74) is 2.16. The zero-order chi connectivity index (χ0) is 12.3. The van der Waals surface area contributed by atoms with E-state index in [-0.39, 0.29) is 0 Å². The van der Waals surface area contributed by atoms with Gasteiger partial charge < -0.3 is 10.4 Å². The van der Waals surface area contributed by atoms with Crippen LogP contribution in [-0.4, -0.2) is 16.1 Å². The number of nitrogens with zero attached hydrogens (tertiary/aromatic N) is 1. The van der Waals surface area contributed by atoms with Crippen LogP contribution in [0.15, 0.2) is 29.8 Å². The van der Waals surface area contributed by atoms with E-state index in [0.29, 0.717) is 12.1 Å². The molecule has 2 rings (SSSR count). The van der Waals surface area contributed by atoms with Crippen LogP contribution >= 0.6 is 11.3 Å². The van der Waals surface area contributed by atoms with Crippen molar-refractivity contribution in [2.24, 2.45) is 0 Å². The highest BCUT2D eigenvalue weighted by Gasteiger charge is 2.05. The Labute approximate surface area is 103 Å². The van der Waals surface area contributed by atoms with Crippen LogP contribution in [0.4, 0.5) is 5.69 Å². The molecular formula is C12H12N2O2S. The Balaban J connectivity index is 2.09. The van der Waals surface area contributed by atoms with Gasteiger partial charge in [0, 0.05) is 17.3 Å². The number of nitrogens with one attached hydrogen (secondary N) is 1. The number of hydrogen-bond acceptors (Lipinski definition) is 4. The molecule has 0 bridgehead atoms. The summed E-state index contributed by atoms with van der Waals surface area (Å²) in [5, 5.41) is 15.0. The number of thiazole rings is 1. The molecule has 0 unspecified atom stereocenters. The molecule has 2 aromatic rings. The minimum atomic E-state index is -0.903. The average Bonchev–Trinajstić information content (AvgIpc) is 2.80. The first-order valence-electron chi connectivity index (χ1n) is 5.13. The van der Waals surface area contributed by atoms with Gasteiger partial charge in [0.05, 0.1) is 12.1 Å². The first-order valence-corrected chi connectivity index (χ1v) is 6.01. The van der Waals surface area contributed by atoms with Crippen LogP contribution in [0.25, 0.3) is 0 Å². The number of anilines is 1. The van der Waals surface area contributed by atoms with Crippen molar-refractivity contribution in [3.63, 3.8) is 0 Å². The van der Waals surface area contributed by atoms with E-state index in [1.807, 2.05) is 12.3 Å². The molecule has 0 saturated heterocycles. The summed E-state index contributed by atoms with van der Waals surface area (Å²) < 4.78 is 0. The highest BCUT2D eigenvalue weighted by molar-refractivity contribution is 7.09. The van der Waals surface area contributed by atoms with E-state index in [2.05, 4.69) is 10.3 Å². The third kappa shape index (κ3) is 2.82. The van der Waals surface area contributed by atoms with Gasteiger partial charge in [-0.05, 0) is 30.7 Å². The second kappa shape index (κ2) is 4.97. The van der Waals surface area contributed by atoms with E-state index in [0.717, 1.165) is 16.3 Å². The molecule has 0 spiro atoms. The van der Waals surface area contributed by atoms with Crippen LogP contribution in [0.1, 0.15) is 20.9 Å². The molecule has 1 aromatic heterocycles. The van der Waals surface area contributed by atoms with Gasteiger partial charge in [-0.1, -0.05) is 0 Å². The zero-order valence-electron chi connectivity index (χ0n) is 9.30. The highest BCUT2D eigenvalue weighted by Crippen LogP contribution is 2.18. The van der Waals surface area contributed by atoms with Crippen molar-refractivity contribution in [2.45, 2.75) is 13.5 Å². The number of carboxylic acid groups (broad SMARTS) is 1. The monoisotopic (exact) mass is 248 g/mol. The lowest BCUT2D eigenvalue weighted by atomic mass is 10.1. The third-order valence-corrected chi connectivity index (χ3v) is 3.17. The van der Waals surface area contributed by atoms with Gasteiger partial charge in [0.1, 0.15) is 5.01 Å². The van der Waals surface area contributed by atoms with Gasteiger partial charge in [0.25, 0.3) is 0 Å². The van der Waals surface area contributed by atoms with Gasteiger partial charge in [-0.25, -0.2) is 9.78 Å². The lowest BCUT2D eigenvalue weighted by Crippen LogP contribution is -2.02. The summed E-state index contributed by atoms with van der Waals surface area (Å²) in [6.07, 6.45) is 1.77. The molecule has 17 heavy (non-hydrogen) atoms. The minimum Gasteiger partial charge on any atom is -0.478 e. The van der Waals surface area contributed by atoms with Crippen molar-refractivity contribution in [1.29, 1.82) is 0 Å². The standard InChI is InChI=1S/C12H12N2O2S/c1-8-6-9(12(15)16)2-3-10(8)14-7-11-13-4-5-17-11/h2-6,14H,7H2,1H3,(H,15,16). The van der Waals surface area contributed by atoms with Gasteiger partial charge in [-0.3, -0.25) is 0 Å². The Morgan fingerprint density at radius 2 is 2.35 bits per heavy atom. The second-order valence-corrected chi connectivity index (χ2v) is 4.59. The lowest BCUT2D eigenvalue weighted by molar-refractivity contribution is 0.0697. The van der Waals surface area contributed by atoms with Crippen molar-refractivity contribution in [1.82, 2.24) is 4.98 Å². The molecule has 2 N–H and O–H groups in total. The molecule has 0 saturated carbocycles. The van der Waals surface area contributed by atoms with E-state index in [4.69, 9.17) is 5.11 Å². The maximum atomic E-state index is 10.8. The van der Waals surface area contributed by atoms with Crippen molar-refractivity contribution in [2.75, 3.05) is 5.32 Å². The second-order valence-electron chi connectivity index (χ2n) is 3.61. The summed E-state index contributed by atoms with van der Waals surface area (Å²) >= 11 is 1.59. The minimum absolute atomic E-state index is 0.308. The van der Waals surface area contributed by atoms with E-state index in [9.17, 15) is 4.79 Å². The summed E-state index contributed by atoms with van der Waals surface area (Å²) in [4.78, 5) is 14.9. The molecule has 88 valence electrons. The Morgan fingerprint density at radius 3 is 2.94 bits per heavy atom. The van der Waals surface area contributed by atoms with Gasteiger partial charge in [0.2, 0.25) is 0 Å². The van der Waals surface area contributed by atoms with E-state index in [1.54, 1.807) is 35.7 Å². The Morgan fingerprint density at radius 1 is 1.53 bits per heavy atom. The quantitative estimate of drug-likeness (QED) is 0.873. The van der Waals surface area contributed by atoms with Crippen LogP contribution < -0.4 is 5.32 Å². The maximum Gasteiger partial charge on any atom is 0.335 e. The molecule has 1 aromatic carbocycles. The highest BCUT2D eigenvalue weighted by atomic mass is 32.1. The fraction of sp³-hybridized carbons (Fsp3) is 0.167. The number of carbonyl (C=O) groups is 1. The SMILES string of the molecule is Cc1cc(C(=O)O)ccc1NCc1nccs1. The number of aromatic carboxylic acids is 1. The molecule has 0 aliphatic rings. The number of aromatic nitrogens is 1. The van der Waals surface area contributed by atoms with Crippen molar-refractivity contribution < 1.29 is 9.90 Å². The first kappa shape index (κ1) is 11.6. The van der Waals surface area contributed by atoms with Crippen molar-refractivity contribution >= 4 is 23.0 Å². The number of carboxylic acids is 1. The Kier molecular flexibility index (Phi) is 3.39. The van der Waals surface area contributed by atoms with Crippen LogP contribution in [0.2, 0.25) is 0 Å². The molecule has 0 radical (unpaired) electrons. The maximum absolute atomic E-state index is 10.8. The van der Waals surface area contributed by atoms with E-state index in [1.165, 1.54) is 0 Å². The molecule has 0 fully saturated rings. The molecule has 0 aliphatic heterocycles. The Bertz CT molecular complexity index is 523. The van der Waals surface area contributed by atoms with Crippen molar-refractivity contribution in [3.05, 3.63) is 45.9 Å². The fourth-order valence-electron chi connectivity index (χ4n) is 1.51. The van der Waals surface area contributed by atoms with E-state index >= 15 is 0 Å². The molecule has 4 nitrogen and oxygen atoms in total. The van der Waals surface area contributed by atoms with E-state index < -0.39 is 5.97 Å². The van der Waals surface area contributed by atoms with Gasteiger partial charge in [-0.2, -0.15) is 0 Å². The Hall–Kier alpha value is -1.88. The number of benzene rings is 1. The molecule has 1 heterocycles. The molecule has 5 heteroatoms. The molecule has 0 amide bonds. The molecule has 0 aliphatic carbocycles. The van der Waals surface area contributed by atoms with Gasteiger partial charge in [0.15, 0.2) is 0 Å². The van der Waals surface area contributed by atoms with Crippen LogP contribution in [0.5, 0.6) is 0 Å². The number of aryl methyl sites for hydroxylation is 1. The van der Waals surface area contributed by atoms with Gasteiger partial charge >= 0.3 is 5.97 Å². The average molecular weight is 248 g/mol. The zero-order valence-corrected chi connectivity index (χ0v) is 10.1. The normalized spacial score (nSPS) is 10.2. The molecule has 0 atom stereocenters. The lowest BCUT2D eigenvalue weighted by Gasteiger charge is -2.08. The van der Waals surface area contributed by atoms with Crippen LogP contribution in [0, 0.1) is 6.92 Å².